The highest BCUT2D eigenvalue weighted by Gasteiger charge is 2.13. The summed E-state index contributed by atoms with van der Waals surface area (Å²) >= 11 is 0. The number of rotatable bonds is 5. The maximum Gasteiger partial charge on any atom is 0.251 e. The van der Waals surface area contributed by atoms with Crippen LogP contribution in [-0.2, 0) is 6.54 Å². The Hall–Kier alpha value is -3.54. The van der Waals surface area contributed by atoms with E-state index < -0.39 is 0 Å². The second-order valence-corrected chi connectivity index (χ2v) is 5.82. The zero-order chi connectivity index (χ0) is 17.8. The second-order valence-electron chi connectivity index (χ2n) is 5.82. The third kappa shape index (κ3) is 3.59. The summed E-state index contributed by atoms with van der Waals surface area (Å²) in [5.74, 6) is 1.30. The van der Waals surface area contributed by atoms with Crippen molar-refractivity contribution in [3.63, 3.8) is 0 Å². The molecule has 130 valence electrons. The van der Waals surface area contributed by atoms with E-state index in [1.54, 1.807) is 18.5 Å². The van der Waals surface area contributed by atoms with Gasteiger partial charge >= 0.3 is 0 Å². The monoisotopic (exact) mass is 347 g/mol. The van der Waals surface area contributed by atoms with Crippen LogP contribution in [0.3, 0.4) is 0 Å². The van der Waals surface area contributed by atoms with Crippen LogP contribution in [0.25, 0.3) is 0 Å². The van der Waals surface area contributed by atoms with Gasteiger partial charge in [0.25, 0.3) is 5.91 Å². The van der Waals surface area contributed by atoms with E-state index in [9.17, 15) is 4.79 Å². The first-order valence-corrected chi connectivity index (χ1v) is 8.22. The number of anilines is 2. The van der Waals surface area contributed by atoms with Crippen molar-refractivity contribution in [2.75, 3.05) is 12.1 Å². The maximum atomic E-state index is 12.4. The molecule has 0 saturated carbocycles. The highest BCUT2D eigenvalue weighted by atomic mass is 16.7. The molecule has 1 aromatic heterocycles. The second kappa shape index (κ2) is 7.14. The lowest BCUT2D eigenvalue weighted by Gasteiger charge is -2.09. The Morgan fingerprint density at radius 2 is 1.88 bits per heavy atom. The highest BCUT2D eigenvalue weighted by Crippen LogP contribution is 2.32. The van der Waals surface area contributed by atoms with Gasteiger partial charge in [-0.05, 0) is 48.0 Å². The third-order valence-electron chi connectivity index (χ3n) is 3.97. The number of amides is 1. The number of pyridine rings is 1. The van der Waals surface area contributed by atoms with Crippen LogP contribution in [0.15, 0.2) is 67.0 Å². The van der Waals surface area contributed by atoms with E-state index in [-0.39, 0.29) is 12.7 Å². The molecule has 6 heteroatoms. The zero-order valence-corrected chi connectivity index (χ0v) is 13.9. The number of aromatic nitrogens is 1. The molecular formula is C20H17N3O3. The summed E-state index contributed by atoms with van der Waals surface area (Å²) in [6.07, 6.45) is 3.44. The van der Waals surface area contributed by atoms with Crippen LogP contribution in [0.2, 0.25) is 0 Å². The van der Waals surface area contributed by atoms with Gasteiger partial charge in [-0.15, -0.1) is 0 Å². The summed E-state index contributed by atoms with van der Waals surface area (Å²) in [5, 5.41) is 6.15. The number of carbonyl (C=O) groups is 1. The fraction of sp³-hybridized carbons (Fsp3) is 0.100. The molecule has 0 unspecified atom stereocenters. The van der Waals surface area contributed by atoms with Crippen molar-refractivity contribution < 1.29 is 14.3 Å². The first-order chi connectivity index (χ1) is 12.8. The van der Waals surface area contributed by atoms with Gasteiger partial charge in [-0.25, -0.2) is 0 Å². The standard InChI is InChI=1S/C20H17N3O3/c24-20(22-11-14-6-7-18-19(9-14)26-13-25-18)15-3-1-4-16(10-15)23-17-5-2-8-21-12-17/h1-10,12,23H,11,13H2,(H,22,24). The number of hydrogen-bond donors (Lipinski definition) is 2. The summed E-state index contributed by atoms with van der Waals surface area (Å²) in [5.41, 5.74) is 3.23. The fourth-order valence-corrected chi connectivity index (χ4v) is 2.68. The van der Waals surface area contributed by atoms with Crippen molar-refractivity contribution in [2.24, 2.45) is 0 Å². The summed E-state index contributed by atoms with van der Waals surface area (Å²) in [7, 11) is 0. The van der Waals surface area contributed by atoms with Gasteiger partial charge in [0.1, 0.15) is 0 Å². The molecule has 0 aliphatic carbocycles. The Labute approximate surface area is 150 Å². The quantitative estimate of drug-likeness (QED) is 0.739. The molecule has 2 N–H and O–H groups in total. The Morgan fingerprint density at radius 1 is 1.00 bits per heavy atom. The maximum absolute atomic E-state index is 12.4. The van der Waals surface area contributed by atoms with Crippen molar-refractivity contribution in [3.8, 4) is 11.5 Å². The van der Waals surface area contributed by atoms with E-state index >= 15 is 0 Å². The zero-order valence-electron chi connectivity index (χ0n) is 13.9. The Bertz CT molecular complexity index is 929. The number of hydrogen-bond acceptors (Lipinski definition) is 5. The molecule has 1 aliphatic rings. The van der Waals surface area contributed by atoms with Crippen LogP contribution in [0.4, 0.5) is 11.4 Å². The van der Waals surface area contributed by atoms with Crippen LogP contribution in [-0.4, -0.2) is 17.7 Å². The minimum Gasteiger partial charge on any atom is -0.454 e. The van der Waals surface area contributed by atoms with Gasteiger partial charge in [0, 0.05) is 24.0 Å². The molecule has 0 bridgehead atoms. The normalized spacial score (nSPS) is 11.8. The minimum absolute atomic E-state index is 0.141. The number of nitrogens with one attached hydrogen (secondary N) is 2. The van der Waals surface area contributed by atoms with Crippen molar-refractivity contribution in [2.45, 2.75) is 6.54 Å². The van der Waals surface area contributed by atoms with E-state index in [2.05, 4.69) is 15.6 Å². The van der Waals surface area contributed by atoms with E-state index in [0.29, 0.717) is 17.9 Å². The summed E-state index contributed by atoms with van der Waals surface area (Å²) in [4.78, 5) is 16.5. The molecule has 0 fully saturated rings. The number of ether oxygens (including phenoxy) is 2. The molecule has 26 heavy (non-hydrogen) atoms. The Morgan fingerprint density at radius 3 is 2.77 bits per heavy atom. The molecule has 2 heterocycles. The summed E-state index contributed by atoms with van der Waals surface area (Å²) < 4.78 is 10.6. The first kappa shape index (κ1) is 16.0. The van der Waals surface area contributed by atoms with Crippen molar-refractivity contribution in [3.05, 3.63) is 78.1 Å². The van der Waals surface area contributed by atoms with E-state index in [0.717, 1.165) is 22.7 Å². The molecule has 2 aromatic carbocycles. The number of nitrogens with zero attached hydrogens (tertiary/aromatic N) is 1. The van der Waals surface area contributed by atoms with Crippen molar-refractivity contribution in [1.29, 1.82) is 0 Å². The van der Waals surface area contributed by atoms with Gasteiger partial charge in [0.2, 0.25) is 6.79 Å². The molecule has 1 amide bonds. The van der Waals surface area contributed by atoms with Gasteiger partial charge in [-0.2, -0.15) is 0 Å². The molecule has 0 saturated heterocycles. The van der Waals surface area contributed by atoms with Gasteiger partial charge in [0.15, 0.2) is 11.5 Å². The predicted molar refractivity (Wildman–Crippen MR) is 97.7 cm³/mol. The average Bonchev–Trinajstić information content (AvgIpc) is 3.15. The molecular weight excluding hydrogens is 330 g/mol. The van der Waals surface area contributed by atoms with Crippen LogP contribution in [0.5, 0.6) is 11.5 Å². The predicted octanol–water partition coefficient (Wildman–Crippen LogP) is 3.48. The smallest absolute Gasteiger partial charge is 0.251 e. The van der Waals surface area contributed by atoms with E-state index in [1.165, 1.54) is 0 Å². The summed E-state index contributed by atoms with van der Waals surface area (Å²) in [6.45, 7) is 0.650. The lowest BCUT2D eigenvalue weighted by molar-refractivity contribution is 0.0951. The Balaban J connectivity index is 1.41. The fourth-order valence-electron chi connectivity index (χ4n) is 2.68. The van der Waals surface area contributed by atoms with E-state index in [1.807, 2.05) is 48.5 Å². The summed E-state index contributed by atoms with van der Waals surface area (Å²) in [6, 6.07) is 16.7. The lowest BCUT2D eigenvalue weighted by Crippen LogP contribution is -2.22. The molecule has 4 rings (SSSR count). The molecule has 1 aliphatic heterocycles. The van der Waals surface area contributed by atoms with Crippen LogP contribution in [0, 0.1) is 0 Å². The molecule has 3 aromatic rings. The van der Waals surface area contributed by atoms with Crippen LogP contribution < -0.4 is 20.1 Å². The first-order valence-electron chi connectivity index (χ1n) is 8.22. The minimum atomic E-state index is -0.141. The van der Waals surface area contributed by atoms with Crippen LogP contribution in [0.1, 0.15) is 15.9 Å². The van der Waals surface area contributed by atoms with Crippen LogP contribution >= 0.6 is 0 Å². The Kier molecular flexibility index (Phi) is 4.38. The number of benzene rings is 2. The van der Waals surface area contributed by atoms with E-state index in [4.69, 9.17) is 9.47 Å². The highest BCUT2D eigenvalue weighted by molar-refractivity contribution is 5.95. The average molecular weight is 347 g/mol. The van der Waals surface area contributed by atoms with Gasteiger partial charge < -0.3 is 20.1 Å². The third-order valence-corrected chi connectivity index (χ3v) is 3.97. The number of fused-ring (bicyclic) bond motifs is 1. The molecule has 0 atom stereocenters. The molecule has 6 nitrogen and oxygen atoms in total. The largest absolute Gasteiger partial charge is 0.454 e. The molecule has 0 spiro atoms. The number of carbonyl (C=O) groups excluding carboxylic acids is 1. The molecule has 0 radical (unpaired) electrons. The van der Waals surface area contributed by atoms with Crippen molar-refractivity contribution >= 4 is 17.3 Å². The van der Waals surface area contributed by atoms with Gasteiger partial charge in [-0.1, -0.05) is 12.1 Å². The topological polar surface area (TPSA) is 72.5 Å². The lowest BCUT2D eigenvalue weighted by atomic mass is 10.1. The van der Waals surface area contributed by atoms with Gasteiger partial charge in [-0.3, -0.25) is 9.78 Å². The SMILES string of the molecule is O=C(NCc1ccc2c(c1)OCO2)c1cccc(Nc2cccnc2)c1. The van der Waals surface area contributed by atoms with Crippen molar-refractivity contribution in [1.82, 2.24) is 10.3 Å². The van der Waals surface area contributed by atoms with Gasteiger partial charge in [0.05, 0.1) is 11.9 Å².